The average Bonchev–Trinajstić information content (AvgIpc) is 2.25. The fraction of sp³-hybridized carbons (Fsp3) is 0.417. The number of benzene rings is 1. The van der Waals surface area contributed by atoms with Gasteiger partial charge >= 0.3 is 0 Å². The maximum absolute atomic E-state index is 4.35. The lowest BCUT2D eigenvalue weighted by Crippen LogP contribution is -2.24. The highest BCUT2D eigenvalue weighted by Crippen LogP contribution is 2.26. The quantitative estimate of drug-likeness (QED) is 0.272. The lowest BCUT2D eigenvalue weighted by Gasteiger charge is -2.24. The van der Waals surface area contributed by atoms with Gasteiger partial charge in [0.2, 0.25) is 0 Å². The molecule has 0 bridgehead atoms. The first kappa shape index (κ1) is 14.2. The molecule has 88 valence electrons. The van der Waals surface area contributed by atoms with Crippen molar-refractivity contribution in [3.63, 3.8) is 0 Å². The van der Waals surface area contributed by atoms with E-state index in [1.54, 1.807) is 0 Å². The van der Waals surface area contributed by atoms with Crippen molar-refractivity contribution in [3.05, 3.63) is 30.3 Å². The summed E-state index contributed by atoms with van der Waals surface area (Å²) in [6.45, 7) is 6.68. The highest BCUT2D eigenvalue weighted by molar-refractivity contribution is 14.1. The topological polar surface area (TPSA) is 15.6 Å². The Morgan fingerprint density at radius 3 is 2.25 bits per heavy atom. The second kappa shape index (κ2) is 6.18. The van der Waals surface area contributed by atoms with Gasteiger partial charge in [-0.15, -0.1) is 0 Å². The number of para-hydroxylation sites is 1. The molecule has 0 aliphatic rings. The van der Waals surface area contributed by atoms with Crippen molar-refractivity contribution in [2.24, 2.45) is 8.62 Å². The third-order valence-electron chi connectivity index (χ3n) is 2.00. The standard InChI is InChI=1S/C12H16I2N2/c1-12(2,3)9-11(15-13)16(14)10-7-5-4-6-8-10/h4-8H,9H2,1-3H3/b15-11-. The highest BCUT2D eigenvalue weighted by atomic mass is 127. The molecule has 0 amide bonds. The van der Waals surface area contributed by atoms with Crippen LogP contribution in [-0.4, -0.2) is 5.84 Å². The molecule has 0 heterocycles. The predicted octanol–water partition coefficient (Wildman–Crippen LogP) is 5.03. The fourth-order valence-corrected chi connectivity index (χ4v) is 2.71. The number of anilines is 1. The smallest absolute Gasteiger partial charge is 0.125 e. The number of nitrogens with zero attached hydrogens (tertiary/aromatic N) is 2. The molecule has 1 rings (SSSR count). The zero-order valence-electron chi connectivity index (χ0n) is 9.74. The van der Waals surface area contributed by atoms with Crippen LogP contribution in [0.15, 0.2) is 33.5 Å². The second-order valence-electron chi connectivity index (χ2n) is 4.85. The zero-order chi connectivity index (χ0) is 12.2. The van der Waals surface area contributed by atoms with Gasteiger partial charge in [0.15, 0.2) is 0 Å². The molecule has 0 saturated heterocycles. The average molecular weight is 442 g/mol. The summed E-state index contributed by atoms with van der Waals surface area (Å²) < 4.78 is 6.48. The van der Waals surface area contributed by atoms with Gasteiger partial charge in [-0.25, -0.2) is 3.21 Å². The third-order valence-corrected chi connectivity index (χ3v) is 3.67. The SMILES string of the molecule is CC(C)(C)C/C(=N/I)N(I)c1ccccc1. The molecule has 1 aromatic rings. The predicted molar refractivity (Wildman–Crippen MR) is 88.5 cm³/mol. The molecule has 0 atom stereocenters. The molecule has 0 aliphatic heterocycles. The van der Waals surface area contributed by atoms with Gasteiger partial charge in [-0.2, -0.15) is 0 Å². The van der Waals surface area contributed by atoms with Crippen LogP contribution in [0.4, 0.5) is 5.69 Å². The van der Waals surface area contributed by atoms with E-state index < -0.39 is 0 Å². The van der Waals surface area contributed by atoms with Crippen LogP contribution in [0.2, 0.25) is 0 Å². The van der Waals surface area contributed by atoms with Gasteiger partial charge in [-0.05, 0) is 17.5 Å². The monoisotopic (exact) mass is 442 g/mol. The van der Waals surface area contributed by atoms with Crippen molar-refractivity contribution in [2.75, 3.05) is 3.11 Å². The summed E-state index contributed by atoms with van der Waals surface area (Å²) in [4.78, 5) is 0. The van der Waals surface area contributed by atoms with E-state index in [4.69, 9.17) is 0 Å². The Hall–Kier alpha value is 0.150. The van der Waals surface area contributed by atoms with Gasteiger partial charge < -0.3 is 0 Å². The van der Waals surface area contributed by atoms with Gasteiger partial charge in [0.05, 0.1) is 51.4 Å². The summed E-state index contributed by atoms with van der Waals surface area (Å²) in [5, 5.41) is 0. The molecule has 4 heteroatoms. The first-order chi connectivity index (χ1) is 7.44. The van der Waals surface area contributed by atoms with E-state index >= 15 is 0 Å². The van der Waals surface area contributed by atoms with Gasteiger partial charge in [0, 0.05) is 6.42 Å². The van der Waals surface area contributed by atoms with Crippen LogP contribution in [0, 0.1) is 5.41 Å². The second-order valence-corrected chi connectivity index (χ2v) is 6.30. The molecule has 0 radical (unpaired) electrons. The van der Waals surface area contributed by atoms with E-state index in [0.717, 1.165) is 12.3 Å². The minimum absolute atomic E-state index is 0.252. The van der Waals surface area contributed by atoms with Gasteiger partial charge in [0.25, 0.3) is 0 Å². The molecular weight excluding hydrogens is 426 g/mol. The van der Waals surface area contributed by atoms with Crippen LogP contribution in [0.3, 0.4) is 0 Å². The third kappa shape index (κ3) is 4.57. The number of amidine groups is 1. The van der Waals surface area contributed by atoms with Crippen molar-refractivity contribution in [3.8, 4) is 0 Å². The van der Waals surface area contributed by atoms with E-state index in [1.165, 1.54) is 5.69 Å². The van der Waals surface area contributed by atoms with Crippen LogP contribution < -0.4 is 3.11 Å². The summed E-state index contributed by atoms with van der Waals surface area (Å²) in [6, 6.07) is 10.3. The highest BCUT2D eigenvalue weighted by Gasteiger charge is 2.18. The Bertz CT molecular complexity index is 355. The Kier molecular flexibility index (Phi) is 5.49. The first-order valence-electron chi connectivity index (χ1n) is 5.13. The molecule has 0 spiro atoms. The van der Waals surface area contributed by atoms with E-state index in [2.05, 4.69) is 85.0 Å². The molecule has 16 heavy (non-hydrogen) atoms. The van der Waals surface area contributed by atoms with E-state index in [9.17, 15) is 0 Å². The van der Waals surface area contributed by atoms with Crippen LogP contribution in [0.1, 0.15) is 27.2 Å². The van der Waals surface area contributed by atoms with E-state index in [-0.39, 0.29) is 5.41 Å². The molecule has 0 saturated carbocycles. The number of hydrogen-bond donors (Lipinski definition) is 0. The number of rotatable bonds is 2. The van der Waals surface area contributed by atoms with Crippen LogP contribution >= 0.6 is 45.7 Å². The van der Waals surface area contributed by atoms with Crippen molar-refractivity contribution in [2.45, 2.75) is 27.2 Å². The zero-order valence-corrected chi connectivity index (χ0v) is 14.1. The van der Waals surface area contributed by atoms with Crippen molar-refractivity contribution >= 4 is 57.3 Å². The van der Waals surface area contributed by atoms with Crippen molar-refractivity contribution in [1.82, 2.24) is 0 Å². The normalized spacial score (nSPS) is 12.7. The number of hydrogen-bond acceptors (Lipinski definition) is 1. The van der Waals surface area contributed by atoms with Crippen molar-refractivity contribution in [1.29, 1.82) is 0 Å². The van der Waals surface area contributed by atoms with E-state index in [0.29, 0.717) is 0 Å². The van der Waals surface area contributed by atoms with Gasteiger partial charge in [-0.3, -0.25) is 3.11 Å². The van der Waals surface area contributed by atoms with Crippen LogP contribution in [0.25, 0.3) is 0 Å². The fourth-order valence-electron chi connectivity index (χ4n) is 1.31. The largest absolute Gasteiger partial charge is 0.270 e. The molecular formula is C12H16I2N2. The Labute approximate surface area is 126 Å². The Morgan fingerprint density at radius 1 is 1.25 bits per heavy atom. The molecule has 0 N–H and O–H groups in total. The lowest BCUT2D eigenvalue weighted by molar-refractivity contribution is 0.433. The van der Waals surface area contributed by atoms with Gasteiger partial charge in [-0.1, -0.05) is 39.0 Å². The maximum Gasteiger partial charge on any atom is 0.125 e. The first-order valence-corrected chi connectivity index (χ1v) is 7.06. The van der Waals surface area contributed by atoms with Gasteiger partial charge in [0.1, 0.15) is 5.84 Å². The molecule has 0 fully saturated rings. The summed E-state index contributed by atoms with van der Waals surface area (Å²) in [6.07, 6.45) is 0.966. The minimum Gasteiger partial charge on any atom is -0.270 e. The van der Waals surface area contributed by atoms with Crippen LogP contribution in [0.5, 0.6) is 0 Å². The minimum atomic E-state index is 0.252. The Balaban J connectivity index is 2.83. The molecule has 0 unspecified atom stereocenters. The molecule has 0 aliphatic carbocycles. The van der Waals surface area contributed by atoms with Crippen molar-refractivity contribution < 1.29 is 0 Å². The summed E-state index contributed by atoms with van der Waals surface area (Å²) in [5.41, 5.74) is 1.42. The summed E-state index contributed by atoms with van der Waals surface area (Å²) >= 11 is 4.38. The van der Waals surface area contributed by atoms with Crippen LogP contribution in [-0.2, 0) is 0 Å². The molecule has 1 aromatic carbocycles. The summed E-state index contributed by atoms with van der Waals surface area (Å²) in [7, 11) is 0. The Morgan fingerprint density at radius 2 is 1.81 bits per heavy atom. The molecule has 0 aromatic heterocycles. The van der Waals surface area contributed by atoms with E-state index in [1.807, 2.05) is 18.2 Å². The maximum atomic E-state index is 4.35. The lowest BCUT2D eigenvalue weighted by atomic mass is 9.92. The molecule has 2 nitrogen and oxygen atoms in total. The summed E-state index contributed by atoms with van der Waals surface area (Å²) in [5.74, 6) is 1.10. The number of halogens is 2.